The van der Waals surface area contributed by atoms with Crippen molar-refractivity contribution in [2.24, 2.45) is 0 Å². The molecule has 0 aliphatic rings. The number of anilines is 1. The number of ether oxygens (including phenoxy) is 2. The molecule has 0 amide bonds. The van der Waals surface area contributed by atoms with Crippen LogP contribution in [0.3, 0.4) is 0 Å². The van der Waals surface area contributed by atoms with Gasteiger partial charge in [0.2, 0.25) is 5.95 Å². The Hall–Kier alpha value is -1.30. The first-order chi connectivity index (χ1) is 8.67. The second kappa shape index (κ2) is 5.56. The summed E-state index contributed by atoms with van der Waals surface area (Å²) in [5.41, 5.74) is 7.53. The number of benzene rings is 1. The maximum Gasteiger partial charge on any atom is 0.201 e. The molecular formula is C12H16ClN3O2. The molecular weight excluding hydrogens is 254 g/mol. The monoisotopic (exact) mass is 269 g/mol. The zero-order valence-corrected chi connectivity index (χ0v) is 11.1. The highest BCUT2D eigenvalue weighted by Gasteiger charge is 2.15. The van der Waals surface area contributed by atoms with E-state index in [1.807, 2.05) is 22.8 Å². The Kier molecular flexibility index (Phi) is 4.06. The van der Waals surface area contributed by atoms with Crippen LogP contribution in [0.4, 0.5) is 5.95 Å². The number of nitrogens with zero attached hydrogens (tertiary/aromatic N) is 2. The fraction of sp³-hybridized carbons (Fsp3) is 0.417. The summed E-state index contributed by atoms with van der Waals surface area (Å²) in [6.45, 7) is 1.04. The third-order valence-corrected chi connectivity index (χ3v) is 3.12. The second-order valence-corrected chi connectivity index (χ2v) is 4.41. The molecule has 2 aromatic rings. The highest BCUT2D eigenvalue weighted by molar-refractivity contribution is 6.35. The molecule has 1 atom stereocenters. The molecule has 6 heteroatoms. The first-order valence-electron chi connectivity index (χ1n) is 5.59. The van der Waals surface area contributed by atoms with E-state index >= 15 is 0 Å². The summed E-state index contributed by atoms with van der Waals surface area (Å²) in [6.07, 6.45) is -0.0917. The maximum atomic E-state index is 6.19. The van der Waals surface area contributed by atoms with E-state index in [2.05, 4.69) is 4.98 Å². The Labute approximate surface area is 110 Å². The lowest BCUT2D eigenvalue weighted by Crippen LogP contribution is -2.24. The van der Waals surface area contributed by atoms with Crippen LogP contribution in [0.25, 0.3) is 11.0 Å². The first kappa shape index (κ1) is 13.1. The summed E-state index contributed by atoms with van der Waals surface area (Å²) in [4.78, 5) is 4.28. The predicted octanol–water partition coefficient (Wildman–Crippen LogP) is 1.93. The van der Waals surface area contributed by atoms with Gasteiger partial charge in [-0.3, -0.25) is 0 Å². The van der Waals surface area contributed by atoms with Gasteiger partial charge in [-0.05, 0) is 12.1 Å². The normalized spacial score (nSPS) is 13.1. The Bertz CT molecular complexity index is 541. The van der Waals surface area contributed by atoms with Crippen LogP contribution in [-0.4, -0.2) is 36.5 Å². The van der Waals surface area contributed by atoms with Crippen molar-refractivity contribution in [1.29, 1.82) is 0 Å². The molecule has 0 spiro atoms. The molecule has 1 unspecified atom stereocenters. The van der Waals surface area contributed by atoms with Crippen LogP contribution in [0.15, 0.2) is 18.2 Å². The number of nitrogen functional groups attached to an aromatic ring is 1. The van der Waals surface area contributed by atoms with Gasteiger partial charge in [-0.2, -0.15) is 0 Å². The summed E-state index contributed by atoms with van der Waals surface area (Å²) in [6, 6.07) is 5.55. The largest absolute Gasteiger partial charge is 0.382 e. The van der Waals surface area contributed by atoms with Crippen molar-refractivity contribution in [2.45, 2.75) is 12.6 Å². The minimum Gasteiger partial charge on any atom is -0.382 e. The van der Waals surface area contributed by atoms with Gasteiger partial charge in [0.05, 0.1) is 35.3 Å². The molecule has 1 aromatic heterocycles. The predicted molar refractivity (Wildman–Crippen MR) is 71.8 cm³/mol. The van der Waals surface area contributed by atoms with Crippen LogP contribution < -0.4 is 5.73 Å². The average molecular weight is 270 g/mol. The van der Waals surface area contributed by atoms with E-state index in [1.54, 1.807) is 14.2 Å². The summed E-state index contributed by atoms with van der Waals surface area (Å²) < 4.78 is 12.3. The number of halogens is 1. The van der Waals surface area contributed by atoms with Crippen molar-refractivity contribution < 1.29 is 9.47 Å². The van der Waals surface area contributed by atoms with Gasteiger partial charge in [0.25, 0.3) is 0 Å². The molecule has 0 saturated heterocycles. The quantitative estimate of drug-likeness (QED) is 0.901. The van der Waals surface area contributed by atoms with Crippen LogP contribution in [0.2, 0.25) is 5.02 Å². The molecule has 18 heavy (non-hydrogen) atoms. The fourth-order valence-electron chi connectivity index (χ4n) is 1.93. The number of aromatic nitrogens is 2. The van der Waals surface area contributed by atoms with E-state index in [-0.39, 0.29) is 6.10 Å². The zero-order chi connectivity index (χ0) is 13.1. The van der Waals surface area contributed by atoms with Crippen molar-refractivity contribution in [3.63, 3.8) is 0 Å². The number of methoxy groups -OCH3 is 2. The summed E-state index contributed by atoms with van der Waals surface area (Å²) in [7, 11) is 3.27. The number of nitrogens with two attached hydrogens (primary N) is 1. The number of para-hydroxylation sites is 1. The van der Waals surface area contributed by atoms with E-state index in [0.29, 0.717) is 24.1 Å². The van der Waals surface area contributed by atoms with Crippen LogP contribution in [-0.2, 0) is 16.0 Å². The van der Waals surface area contributed by atoms with E-state index in [4.69, 9.17) is 26.8 Å². The summed E-state index contributed by atoms with van der Waals surface area (Å²) in [5, 5.41) is 0.629. The van der Waals surface area contributed by atoms with Gasteiger partial charge in [-0.15, -0.1) is 0 Å². The Morgan fingerprint density at radius 1 is 1.44 bits per heavy atom. The average Bonchev–Trinajstić information content (AvgIpc) is 2.66. The molecule has 0 aliphatic heterocycles. The molecule has 0 bridgehead atoms. The van der Waals surface area contributed by atoms with Crippen LogP contribution in [0.5, 0.6) is 0 Å². The topological polar surface area (TPSA) is 62.3 Å². The molecule has 1 heterocycles. The number of rotatable bonds is 5. The van der Waals surface area contributed by atoms with Crippen molar-refractivity contribution in [3.8, 4) is 0 Å². The molecule has 98 valence electrons. The first-order valence-corrected chi connectivity index (χ1v) is 5.97. The van der Waals surface area contributed by atoms with Gasteiger partial charge in [-0.1, -0.05) is 17.7 Å². The molecule has 5 nitrogen and oxygen atoms in total. The fourth-order valence-corrected chi connectivity index (χ4v) is 2.20. The lowest BCUT2D eigenvalue weighted by Gasteiger charge is -2.16. The second-order valence-electron chi connectivity index (χ2n) is 4.00. The number of imidazole rings is 1. The summed E-state index contributed by atoms with van der Waals surface area (Å²) in [5.74, 6) is 0.427. The van der Waals surface area contributed by atoms with Crippen LogP contribution >= 0.6 is 11.6 Å². The Morgan fingerprint density at radius 3 is 2.89 bits per heavy atom. The number of fused-ring (bicyclic) bond motifs is 1. The Morgan fingerprint density at radius 2 is 2.22 bits per heavy atom. The molecule has 0 fully saturated rings. The lowest BCUT2D eigenvalue weighted by atomic mass is 10.3. The molecule has 2 rings (SSSR count). The summed E-state index contributed by atoms with van der Waals surface area (Å²) >= 11 is 6.19. The van der Waals surface area contributed by atoms with E-state index < -0.39 is 0 Å². The van der Waals surface area contributed by atoms with Gasteiger partial charge >= 0.3 is 0 Å². The molecule has 0 saturated carbocycles. The van der Waals surface area contributed by atoms with Crippen LogP contribution in [0.1, 0.15) is 0 Å². The highest BCUT2D eigenvalue weighted by Crippen LogP contribution is 2.26. The highest BCUT2D eigenvalue weighted by atomic mass is 35.5. The van der Waals surface area contributed by atoms with E-state index in [0.717, 1.165) is 11.0 Å². The zero-order valence-electron chi connectivity index (χ0n) is 10.4. The van der Waals surface area contributed by atoms with Gasteiger partial charge in [0.1, 0.15) is 0 Å². The standard InChI is InChI=1S/C12H16ClN3O2/c1-17-7-8(18-2)6-16-11-9(13)4-3-5-10(11)15-12(16)14/h3-5,8H,6-7H2,1-2H3,(H2,14,15). The van der Waals surface area contributed by atoms with Crippen LogP contribution in [0, 0.1) is 0 Å². The minimum absolute atomic E-state index is 0.0917. The van der Waals surface area contributed by atoms with E-state index in [1.165, 1.54) is 0 Å². The third-order valence-electron chi connectivity index (χ3n) is 2.82. The Balaban J connectivity index is 2.40. The third kappa shape index (κ3) is 2.43. The van der Waals surface area contributed by atoms with E-state index in [9.17, 15) is 0 Å². The van der Waals surface area contributed by atoms with Gasteiger partial charge in [-0.25, -0.2) is 4.98 Å². The lowest BCUT2D eigenvalue weighted by molar-refractivity contribution is 0.0193. The molecule has 0 radical (unpaired) electrons. The van der Waals surface area contributed by atoms with Crippen molar-refractivity contribution in [2.75, 3.05) is 26.6 Å². The van der Waals surface area contributed by atoms with Crippen molar-refractivity contribution in [3.05, 3.63) is 23.2 Å². The molecule has 0 aliphatic carbocycles. The van der Waals surface area contributed by atoms with Gasteiger partial charge < -0.3 is 19.8 Å². The van der Waals surface area contributed by atoms with Gasteiger partial charge in [0, 0.05) is 14.2 Å². The number of hydrogen-bond acceptors (Lipinski definition) is 4. The van der Waals surface area contributed by atoms with Crippen molar-refractivity contribution >= 4 is 28.6 Å². The maximum absolute atomic E-state index is 6.19. The number of hydrogen-bond donors (Lipinski definition) is 1. The minimum atomic E-state index is -0.0917. The molecule has 1 aromatic carbocycles. The SMILES string of the molecule is COCC(Cn1c(N)nc2cccc(Cl)c21)OC. The molecule has 2 N–H and O–H groups in total. The van der Waals surface area contributed by atoms with Crippen molar-refractivity contribution in [1.82, 2.24) is 9.55 Å². The smallest absolute Gasteiger partial charge is 0.201 e. The van der Waals surface area contributed by atoms with Gasteiger partial charge in [0.15, 0.2) is 0 Å².